The van der Waals surface area contributed by atoms with Crippen molar-refractivity contribution in [1.29, 1.82) is 0 Å². The number of rotatable bonds is 7. The Hall–Kier alpha value is -3.80. The molecule has 6 heteroatoms. The van der Waals surface area contributed by atoms with Crippen molar-refractivity contribution in [3.8, 4) is 17.2 Å². The van der Waals surface area contributed by atoms with E-state index in [0.717, 1.165) is 22.6 Å². The third-order valence-corrected chi connectivity index (χ3v) is 4.35. The molecule has 0 saturated carbocycles. The Morgan fingerprint density at radius 2 is 0.966 bits per heavy atom. The monoisotopic (exact) mass is 390 g/mol. The van der Waals surface area contributed by atoms with Gasteiger partial charge >= 0.3 is 0 Å². The molecule has 0 aliphatic rings. The van der Waals surface area contributed by atoms with Crippen LogP contribution in [-0.2, 0) is 0 Å². The minimum absolute atomic E-state index is 0.313. The largest absolute Gasteiger partial charge is 0.497 e. The first kappa shape index (κ1) is 19.9. The molecule has 0 aliphatic heterocycles. The molecule has 0 atom stereocenters. The second-order valence-electron chi connectivity index (χ2n) is 6.09. The lowest BCUT2D eigenvalue weighted by molar-refractivity contribution is 0.0955. The van der Waals surface area contributed by atoms with Gasteiger partial charge in [-0.25, -0.2) is 5.43 Å². The van der Waals surface area contributed by atoms with Gasteiger partial charge in [-0.1, -0.05) is 0 Å². The molecule has 0 heterocycles. The van der Waals surface area contributed by atoms with Crippen LogP contribution in [0.15, 0.2) is 77.9 Å². The summed E-state index contributed by atoms with van der Waals surface area (Å²) < 4.78 is 15.6. The van der Waals surface area contributed by atoms with Crippen LogP contribution in [-0.4, -0.2) is 32.9 Å². The van der Waals surface area contributed by atoms with E-state index in [2.05, 4.69) is 10.5 Å². The quantitative estimate of drug-likeness (QED) is 0.491. The van der Waals surface area contributed by atoms with Crippen LogP contribution >= 0.6 is 0 Å². The molecule has 3 aromatic rings. The predicted octanol–water partition coefficient (Wildman–Crippen LogP) is 3.89. The van der Waals surface area contributed by atoms with E-state index in [1.165, 1.54) is 0 Å². The lowest BCUT2D eigenvalue weighted by Crippen LogP contribution is -2.20. The first-order chi connectivity index (χ1) is 14.1. The van der Waals surface area contributed by atoms with Crippen LogP contribution in [0.2, 0.25) is 0 Å². The van der Waals surface area contributed by atoms with E-state index in [-0.39, 0.29) is 5.91 Å². The highest BCUT2D eigenvalue weighted by Gasteiger charge is 2.11. The summed E-state index contributed by atoms with van der Waals surface area (Å²) in [6.07, 6.45) is 0. The maximum Gasteiger partial charge on any atom is 0.271 e. The average Bonchev–Trinajstić information content (AvgIpc) is 2.80. The first-order valence-electron chi connectivity index (χ1n) is 8.95. The standard InChI is InChI=1S/C23H22N2O4/c1-27-19-10-4-16(5-11-19)22(17-6-12-20(28-2)13-7-17)24-25-23(26)18-8-14-21(29-3)15-9-18/h4-15H,1-3H3,(H,25,26). The van der Waals surface area contributed by atoms with Gasteiger partial charge in [-0.05, 0) is 72.8 Å². The van der Waals surface area contributed by atoms with Crippen molar-refractivity contribution in [3.05, 3.63) is 89.5 Å². The molecule has 148 valence electrons. The highest BCUT2D eigenvalue weighted by molar-refractivity contribution is 6.13. The van der Waals surface area contributed by atoms with Gasteiger partial charge in [0.15, 0.2) is 0 Å². The molecule has 1 amide bonds. The molecule has 0 aliphatic carbocycles. The van der Waals surface area contributed by atoms with Gasteiger partial charge in [-0.3, -0.25) is 4.79 Å². The summed E-state index contributed by atoms with van der Waals surface area (Å²) in [6, 6.07) is 21.8. The fraction of sp³-hybridized carbons (Fsp3) is 0.130. The second-order valence-corrected chi connectivity index (χ2v) is 6.09. The Bertz CT molecular complexity index is 929. The van der Waals surface area contributed by atoms with Crippen molar-refractivity contribution in [3.63, 3.8) is 0 Å². The summed E-state index contributed by atoms with van der Waals surface area (Å²) in [7, 11) is 4.81. The molecule has 0 aromatic heterocycles. The Morgan fingerprint density at radius 1 is 0.621 bits per heavy atom. The topological polar surface area (TPSA) is 69.2 Å². The van der Waals surface area contributed by atoms with Crippen molar-refractivity contribution in [1.82, 2.24) is 5.43 Å². The van der Waals surface area contributed by atoms with Gasteiger partial charge in [0.1, 0.15) is 17.2 Å². The highest BCUT2D eigenvalue weighted by Crippen LogP contribution is 2.18. The number of hydrogen-bond donors (Lipinski definition) is 1. The number of carbonyl (C=O) groups excluding carboxylic acids is 1. The lowest BCUT2D eigenvalue weighted by atomic mass is 10.0. The molecule has 3 rings (SSSR count). The van der Waals surface area contributed by atoms with E-state index in [0.29, 0.717) is 17.0 Å². The minimum atomic E-state index is -0.313. The number of nitrogens with one attached hydrogen (secondary N) is 1. The predicted molar refractivity (Wildman–Crippen MR) is 112 cm³/mol. The van der Waals surface area contributed by atoms with Crippen LogP contribution in [0.4, 0.5) is 0 Å². The van der Waals surface area contributed by atoms with Crippen LogP contribution in [0.1, 0.15) is 21.5 Å². The summed E-state index contributed by atoms with van der Waals surface area (Å²) in [5.41, 5.74) is 5.42. The molecule has 29 heavy (non-hydrogen) atoms. The minimum Gasteiger partial charge on any atom is -0.497 e. The summed E-state index contributed by atoms with van der Waals surface area (Å²) in [5, 5.41) is 4.40. The van der Waals surface area contributed by atoms with E-state index in [1.54, 1.807) is 45.6 Å². The zero-order valence-electron chi connectivity index (χ0n) is 16.5. The summed E-state index contributed by atoms with van der Waals surface area (Å²) >= 11 is 0. The van der Waals surface area contributed by atoms with E-state index in [4.69, 9.17) is 14.2 Å². The second kappa shape index (κ2) is 9.41. The molecule has 0 saturated heterocycles. The molecular formula is C23H22N2O4. The third-order valence-electron chi connectivity index (χ3n) is 4.35. The summed E-state index contributed by atoms with van der Waals surface area (Å²) in [5.74, 6) is 1.85. The van der Waals surface area contributed by atoms with E-state index >= 15 is 0 Å². The number of amides is 1. The van der Waals surface area contributed by atoms with Gasteiger partial charge < -0.3 is 14.2 Å². The average molecular weight is 390 g/mol. The number of benzene rings is 3. The van der Waals surface area contributed by atoms with Gasteiger partial charge in [-0.15, -0.1) is 0 Å². The van der Waals surface area contributed by atoms with Gasteiger partial charge in [0.2, 0.25) is 0 Å². The van der Waals surface area contributed by atoms with Gasteiger partial charge in [0.25, 0.3) is 5.91 Å². The van der Waals surface area contributed by atoms with Gasteiger partial charge in [-0.2, -0.15) is 5.10 Å². The number of hydrogen-bond acceptors (Lipinski definition) is 5. The van der Waals surface area contributed by atoms with E-state index < -0.39 is 0 Å². The number of ether oxygens (including phenoxy) is 3. The number of hydrazone groups is 1. The molecular weight excluding hydrogens is 368 g/mol. The number of carbonyl (C=O) groups is 1. The smallest absolute Gasteiger partial charge is 0.271 e. The Balaban J connectivity index is 1.90. The van der Waals surface area contributed by atoms with E-state index in [1.807, 2.05) is 48.5 Å². The van der Waals surface area contributed by atoms with Crippen molar-refractivity contribution in [2.75, 3.05) is 21.3 Å². The number of methoxy groups -OCH3 is 3. The summed E-state index contributed by atoms with van der Waals surface area (Å²) in [6.45, 7) is 0. The van der Waals surface area contributed by atoms with Crippen LogP contribution in [0.3, 0.4) is 0 Å². The Morgan fingerprint density at radius 3 is 1.31 bits per heavy atom. The van der Waals surface area contributed by atoms with Crippen LogP contribution in [0, 0.1) is 0 Å². The molecule has 6 nitrogen and oxygen atoms in total. The van der Waals surface area contributed by atoms with Crippen LogP contribution in [0.5, 0.6) is 17.2 Å². The molecule has 3 aromatic carbocycles. The molecule has 0 fully saturated rings. The van der Waals surface area contributed by atoms with E-state index in [9.17, 15) is 4.79 Å². The molecule has 0 spiro atoms. The molecule has 0 unspecified atom stereocenters. The molecule has 1 N–H and O–H groups in total. The van der Waals surface area contributed by atoms with Crippen LogP contribution in [0.25, 0.3) is 0 Å². The third kappa shape index (κ3) is 4.93. The number of nitrogens with zero attached hydrogens (tertiary/aromatic N) is 1. The Kier molecular flexibility index (Phi) is 6.47. The zero-order chi connectivity index (χ0) is 20.6. The maximum atomic E-state index is 12.5. The van der Waals surface area contributed by atoms with Gasteiger partial charge in [0, 0.05) is 16.7 Å². The maximum absolute atomic E-state index is 12.5. The van der Waals surface area contributed by atoms with Crippen molar-refractivity contribution in [2.45, 2.75) is 0 Å². The fourth-order valence-corrected chi connectivity index (χ4v) is 2.71. The van der Waals surface area contributed by atoms with Crippen LogP contribution < -0.4 is 19.6 Å². The first-order valence-corrected chi connectivity index (χ1v) is 8.95. The van der Waals surface area contributed by atoms with Gasteiger partial charge in [0.05, 0.1) is 27.0 Å². The highest BCUT2D eigenvalue weighted by atomic mass is 16.5. The Labute approximate surface area is 169 Å². The lowest BCUT2D eigenvalue weighted by Gasteiger charge is -2.10. The fourth-order valence-electron chi connectivity index (χ4n) is 2.71. The van der Waals surface area contributed by atoms with Crippen molar-refractivity contribution < 1.29 is 19.0 Å². The zero-order valence-corrected chi connectivity index (χ0v) is 16.5. The van der Waals surface area contributed by atoms with Crippen molar-refractivity contribution in [2.24, 2.45) is 5.10 Å². The SMILES string of the molecule is COc1ccc(C(=O)NN=C(c2ccc(OC)cc2)c2ccc(OC)cc2)cc1. The normalized spacial score (nSPS) is 10.0. The summed E-state index contributed by atoms with van der Waals surface area (Å²) in [4.78, 5) is 12.5. The molecule has 0 bridgehead atoms. The van der Waals surface area contributed by atoms with Crippen molar-refractivity contribution >= 4 is 11.6 Å². The molecule has 0 radical (unpaired) electrons.